The number of benzene rings is 1. The maximum atomic E-state index is 5.86. The van der Waals surface area contributed by atoms with Crippen LogP contribution in [0.4, 0.5) is 0 Å². The van der Waals surface area contributed by atoms with E-state index in [1.54, 1.807) is 7.11 Å². The molecular weight excluding hydrogens is 238 g/mol. The van der Waals surface area contributed by atoms with E-state index in [4.69, 9.17) is 9.47 Å². The van der Waals surface area contributed by atoms with Crippen LogP contribution in [0.1, 0.15) is 38.3 Å². The van der Waals surface area contributed by atoms with Gasteiger partial charge in [0, 0.05) is 24.1 Å². The summed E-state index contributed by atoms with van der Waals surface area (Å²) in [7, 11) is 1.74. The van der Waals surface area contributed by atoms with E-state index in [1.807, 2.05) is 12.1 Å². The third kappa shape index (κ3) is 3.10. The van der Waals surface area contributed by atoms with Crippen molar-refractivity contribution >= 4 is 0 Å². The highest BCUT2D eigenvalue weighted by Gasteiger charge is 2.35. The van der Waals surface area contributed by atoms with E-state index in [0.29, 0.717) is 18.1 Å². The van der Waals surface area contributed by atoms with Gasteiger partial charge in [-0.1, -0.05) is 32.0 Å². The van der Waals surface area contributed by atoms with Crippen LogP contribution in [0.2, 0.25) is 0 Å². The molecular formula is C16H25NO2. The van der Waals surface area contributed by atoms with Crippen molar-refractivity contribution in [1.82, 2.24) is 5.32 Å². The lowest BCUT2D eigenvalue weighted by Gasteiger charge is -2.29. The van der Waals surface area contributed by atoms with Crippen molar-refractivity contribution in [1.29, 1.82) is 0 Å². The minimum Gasteiger partial charge on any atom is -0.496 e. The monoisotopic (exact) mass is 263 g/mol. The van der Waals surface area contributed by atoms with Crippen molar-refractivity contribution in [3.8, 4) is 5.75 Å². The van der Waals surface area contributed by atoms with Gasteiger partial charge < -0.3 is 14.8 Å². The number of hydrogen-bond donors (Lipinski definition) is 1. The Labute approximate surface area is 116 Å². The summed E-state index contributed by atoms with van der Waals surface area (Å²) >= 11 is 0. The quantitative estimate of drug-likeness (QED) is 0.855. The molecule has 106 valence electrons. The summed E-state index contributed by atoms with van der Waals surface area (Å²) in [5.41, 5.74) is 1.25. The highest BCUT2D eigenvalue weighted by atomic mass is 16.5. The Bertz CT molecular complexity index is 394. The first-order valence-electron chi connectivity index (χ1n) is 7.29. The van der Waals surface area contributed by atoms with Gasteiger partial charge in [-0.05, 0) is 25.5 Å². The number of hydrogen-bond acceptors (Lipinski definition) is 3. The van der Waals surface area contributed by atoms with Crippen LogP contribution in [0.25, 0.3) is 0 Å². The van der Waals surface area contributed by atoms with Crippen LogP contribution >= 0.6 is 0 Å². The van der Waals surface area contributed by atoms with Crippen LogP contribution in [0.3, 0.4) is 0 Å². The smallest absolute Gasteiger partial charge is 0.123 e. The van der Waals surface area contributed by atoms with Gasteiger partial charge in [0.1, 0.15) is 5.75 Å². The van der Waals surface area contributed by atoms with E-state index < -0.39 is 0 Å². The van der Waals surface area contributed by atoms with Crippen molar-refractivity contribution < 1.29 is 9.47 Å². The van der Waals surface area contributed by atoms with Gasteiger partial charge in [-0.15, -0.1) is 0 Å². The van der Waals surface area contributed by atoms with E-state index in [2.05, 4.69) is 31.3 Å². The molecule has 1 heterocycles. The van der Waals surface area contributed by atoms with Gasteiger partial charge in [-0.2, -0.15) is 0 Å². The Morgan fingerprint density at radius 2 is 2.16 bits per heavy atom. The van der Waals surface area contributed by atoms with E-state index >= 15 is 0 Å². The van der Waals surface area contributed by atoms with E-state index in [9.17, 15) is 0 Å². The second-order valence-electron chi connectivity index (χ2n) is 5.05. The molecule has 0 aromatic heterocycles. The molecule has 1 aromatic carbocycles. The molecule has 19 heavy (non-hydrogen) atoms. The van der Waals surface area contributed by atoms with Gasteiger partial charge in [0.2, 0.25) is 0 Å². The fraction of sp³-hybridized carbons (Fsp3) is 0.625. The second kappa shape index (κ2) is 6.92. The van der Waals surface area contributed by atoms with Gasteiger partial charge >= 0.3 is 0 Å². The number of rotatable bonds is 6. The third-order valence-corrected chi connectivity index (χ3v) is 3.99. The van der Waals surface area contributed by atoms with E-state index in [-0.39, 0.29) is 0 Å². The highest BCUT2D eigenvalue weighted by molar-refractivity contribution is 5.36. The predicted octanol–water partition coefficient (Wildman–Crippen LogP) is 3.16. The summed E-state index contributed by atoms with van der Waals surface area (Å²) in [6, 6.07) is 8.62. The molecule has 3 nitrogen and oxygen atoms in total. The molecule has 3 atom stereocenters. The summed E-state index contributed by atoms with van der Waals surface area (Å²) < 4.78 is 11.4. The molecule has 3 heteroatoms. The van der Waals surface area contributed by atoms with Crippen molar-refractivity contribution in [3.63, 3.8) is 0 Å². The number of ether oxygens (including phenoxy) is 2. The van der Waals surface area contributed by atoms with Crippen LogP contribution in [0.15, 0.2) is 24.3 Å². The average molecular weight is 263 g/mol. The maximum absolute atomic E-state index is 5.86. The first-order valence-corrected chi connectivity index (χ1v) is 7.29. The van der Waals surface area contributed by atoms with E-state index in [0.717, 1.165) is 31.7 Å². The molecule has 0 saturated carbocycles. The molecule has 0 aliphatic carbocycles. The van der Waals surface area contributed by atoms with Gasteiger partial charge in [0.25, 0.3) is 0 Å². The maximum Gasteiger partial charge on any atom is 0.123 e. The Morgan fingerprint density at radius 3 is 2.84 bits per heavy atom. The van der Waals surface area contributed by atoms with E-state index in [1.165, 1.54) is 5.56 Å². The molecule has 3 unspecified atom stereocenters. The molecule has 1 aliphatic rings. The molecule has 1 fully saturated rings. The third-order valence-electron chi connectivity index (χ3n) is 3.99. The Morgan fingerprint density at radius 1 is 1.37 bits per heavy atom. The molecule has 0 spiro atoms. The molecule has 1 N–H and O–H groups in total. The topological polar surface area (TPSA) is 30.5 Å². The lowest BCUT2D eigenvalue weighted by molar-refractivity contribution is 0.0773. The van der Waals surface area contributed by atoms with Gasteiger partial charge in [0.05, 0.1) is 13.2 Å². The number of methoxy groups -OCH3 is 1. The Kier molecular flexibility index (Phi) is 5.23. The number of para-hydroxylation sites is 1. The Hall–Kier alpha value is -1.06. The van der Waals surface area contributed by atoms with Crippen LogP contribution in [-0.4, -0.2) is 26.4 Å². The average Bonchev–Trinajstić information content (AvgIpc) is 2.93. The summed E-state index contributed by atoms with van der Waals surface area (Å²) in [5, 5.41) is 3.62. The predicted molar refractivity (Wildman–Crippen MR) is 77.5 cm³/mol. The second-order valence-corrected chi connectivity index (χ2v) is 5.05. The summed E-state index contributed by atoms with van der Waals surface area (Å²) in [5.74, 6) is 1.50. The summed E-state index contributed by atoms with van der Waals surface area (Å²) in [4.78, 5) is 0. The molecule has 0 bridgehead atoms. The molecule has 1 aliphatic heterocycles. The first kappa shape index (κ1) is 14.4. The van der Waals surface area contributed by atoms with Gasteiger partial charge in [-0.3, -0.25) is 0 Å². The molecule has 0 amide bonds. The van der Waals surface area contributed by atoms with Gasteiger partial charge in [0.15, 0.2) is 0 Å². The van der Waals surface area contributed by atoms with Crippen molar-refractivity contribution in [3.05, 3.63) is 29.8 Å². The summed E-state index contributed by atoms with van der Waals surface area (Å²) in [6.45, 7) is 6.18. The SMILES string of the molecule is CCNC(c1ccccc1OC)C1CCOC1CC. The van der Waals surface area contributed by atoms with Crippen molar-refractivity contribution in [2.24, 2.45) is 5.92 Å². The van der Waals surface area contributed by atoms with Crippen molar-refractivity contribution in [2.45, 2.75) is 38.8 Å². The molecule has 1 saturated heterocycles. The normalized spacial score (nSPS) is 24.4. The summed E-state index contributed by atoms with van der Waals surface area (Å²) in [6.07, 6.45) is 2.55. The van der Waals surface area contributed by atoms with Crippen LogP contribution < -0.4 is 10.1 Å². The lowest BCUT2D eigenvalue weighted by Crippen LogP contribution is -2.33. The fourth-order valence-corrected chi connectivity index (χ4v) is 3.10. The molecule has 1 aromatic rings. The van der Waals surface area contributed by atoms with Crippen LogP contribution in [0, 0.1) is 5.92 Å². The lowest BCUT2D eigenvalue weighted by atomic mass is 9.86. The zero-order valence-corrected chi connectivity index (χ0v) is 12.2. The Balaban J connectivity index is 2.28. The first-order chi connectivity index (χ1) is 9.31. The minimum absolute atomic E-state index is 0.314. The number of nitrogens with one attached hydrogen (secondary N) is 1. The highest BCUT2D eigenvalue weighted by Crippen LogP contribution is 2.38. The van der Waals surface area contributed by atoms with Crippen LogP contribution in [0.5, 0.6) is 5.75 Å². The van der Waals surface area contributed by atoms with Gasteiger partial charge in [-0.25, -0.2) is 0 Å². The largest absolute Gasteiger partial charge is 0.496 e. The zero-order chi connectivity index (χ0) is 13.7. The molecule has 2 rings (SSSR count). The molecule has 0 radical (unpaired) electrons. The minimum atomic E-state index is 0.314. The van der Waals surface area contributed by atoms with Crippen LogP contribution in [-0.2, 0) is 4.74 Å². The standard InChI is InChI=1S/C16H25NO2/c1-4-14-13(10-11-19-14)16(17-5-2)12-8-6-7-9-15(12)18-3/h6-9,13-14,16-17H,4-5,10-11H2,1-3H3. The zero-order valence-electron chi connectivity index (χ0n) is 12.2. The fourth-order valence-electron chi connectivity index (χ4n) is 3.10. The van der Waals surface area contributed by atoms with Crippen molar-refractivity contribution in [2.75, 3.05) is 20.3 Å².